The van der Waals surface area contributed by atoms with Gasteiger partial charge in [-0.15, -0.1) is 0 Å². The first-order chi connectivity index (χ1) is 49.8. The molecule has 0 radical (unpaired) electrons. The molecule has 522 valence electrons. The van der Waals surface area contributed by atoms with Crippen LogP contribution in [-0.4, -0.2) is 107 Å². The Morgan fingerprint density at radius 3 is 1.01 bits per heavy atom. The Balaban J connectivity index is 1.28. The van der Waals surface area contributed by atoms with Crippen LogP contribution in [0.25, 0.3) is 144 Å². The summed E-state index contributed by atoms with van der Waals surface area (Å²) >= 11 is 0. The molecule has 1 N–H and O–H groups in total. The molecular formula is C82H91N11O8. The third-order valence-electron chi connectivity index (χ3n) is 18.9. The zero-order valence-electron chi connectivity index (χ0n) is 59.9. The first kappa shape index (κ1) is 68.0. The van der Waals surface area contributed by atoms with Crippen LogP contribution in [0.2, 0.25) is 0 Å². The van der Waals surface area contributed by atoms with E-state index in [1.807, 2.05) is 48.0 Å². The average Bonchev–Trinajstić information content (AvgIpc) is 1.61. The van der Waals surface area contributed by atoms with Crippen molar-refractivity contribution in [3.63, 3.8) is 0 Å². The van der Waals surface area contributed by atoms with Gasteiger partial charge in [0.25, 0.3) is 0 Å². The smallest absolute Gasteiger partial charge is 0.168 e. The predicted molar refractivity (Wildman–Crippen MR) is 405 cm³/mol. The zero-order chi connectivity index (χ0) is 69.5. The molecule has 14 rings (SSSR count). The van der Waals surface area contributed by atoms with Crippen LogP contribution in [0.4, 0.5) is 0 Å². The highest BCUT2D eigenvalue weighted by molar-refractivity contribution is 6.23. The fourth-order valence-corrected chi connectivity index (χ4v) is 13.6. The Labute approximate surface area is 588 Å². The summed E-state index contributed by atoms with van der Waals surface area (Å²) < 4.78 is 59.5. The summed E-state index contributed by atoms with van der Waals surface area (Å²) in [6.45, 7) is 20.5. The summed E-state index contributed by atoms with van der Waals surface area (Å²) in [6.07, 6.45) is 18.8. The first-order valence-corrected chi connectivity index (χ1v) is 37.0. The monoisotopic (exact) mass is 1360 g/mol. The molecule has 2 aliphatic heterocycles. The van der Waals surface area contributed by atoms with E-state index in [-0.39, 0.29) is 0 Å². The molecule has 0 amide bonds. The normalized spacial score (nSPS) is 12.0. The molecule has 0 atom stereocenters. The SMILES string of the molecule is CCCCOc1c2c(c(OCCCC)c3cc4ccccc4cc13)-c1nc-2nc2[nH]c(nc3nc(nc4c5c(OCCCC)c6cccnc6c(OCCCC)c5c(n1)n4C)-c1c-3c(OCCCC)c3cccnc3c1OCCCC)c1c(OCCCC)c3ncccc3c(OCCCC)c21. The Hall–Kier alpha value is -10.2. The summed E-state index contributed by atoms with van der Waals surface area (Å²) in [5, 5.41) is 8.51. The molecule has 2 aliphatic rings. The van der Waals surface area contributed by atoms with Gasteiger partial charge < -0.3 is 47.4 Å². The van der Waals surface area contributed by atoms with Gasteiger partial charge in [0.05, 0.1) is 96.7 Å². The average molecular weight is 1360 g/mol. The van der Waals surface area contributed by atoms with Crippen molar-refractivity contribution in [1.82, 2.24) is 54.4 Å². The number of aromatic nitrogens is 11. The van der Waals surface area contributed by atoms with Crippen molar-refractivity contribution < 1.29 is 37.9 Å². The van der Waals surface area contributed by atoms with Gasteiger partial charge in [-0.1, -0.05) is 131 Å². The second-order valence-electron chi connectivity index (χ2n) is 26.2. The molecule has 19 nitrogen and oxygen atoms in total. The second-order valence-corrected chi connectivity index (χ2v) is 26.2. The van der Waals surface area contributed by atoms with Gasteiger partial charge in [0.15, 0.2) is 40.5 Å². The Morgan fingerprint density at radius 2 is 0.604 bits per heavy atom. The van der Waals surface area contributed by atoms with E-state index in [0.29, 0.717) is 205 Å². The molecule has 101 heavy (non-hydrogen) atoms. The van der Waals surface area contributed by atoms with Crippen LogP contribution >= 0.6 is 0 Å². The zero-order valence-corrected chi connectivity index (χ0v) is 59.9. The maximum absolute atomic E-state index is 7.31. The molecule has 0 fully saturated rings. The number of benzene rings is 6. The minimum Gasteiger partial charge on any atom is -0.492 e. The van der Waals surface area contributed by atoms with Crippen molar-refractivity contribution in [3.05, 3.63) is 91.4 Å². The highest BCUT2D eigenvalue weighted by Crippen LogP contribution is 2.56. The highest BCUT2D eigenvalue weighted by atomic mass is 16.5. The Bertz CT molecular complexity index is 5260. The summed E-state index contributed by atoms with van der Waals surface area (Å²) in [5.41, 5.74) is 5.92. The number of nitrogens with zero attached hydrogens (tertiary/aromatic N) is 10. The summed E-state index contributed by atoms with van der Waals surface area (Å²) in [7, 11) is 1.98. The largest absolute Gasteiger partial charge is 0.492 e. The van der Waals surface area contributed by atoms with Gasteiger partial charge >= 0.3 is 0 Å². The van der Waals surface area contributed by atoms with Crippen molar-refractivity contribution in [2.24, 2.45) is 7.05 Å². The fraction of sp³-hybridized carbons (Fsp3) is 0.402. The highest BCUT2D eigenvalue weighted by Gasteiger charge is 2.37. The van der Waals surface area contributed by atoms with Crippen LogP contribution < -0.4 is 37.9 Å². The quantitative estimate of drug-likeness (QED) is 0.0307. The number of fused-ring (bicyclic) bond motifs is 25. The number of H-pyrrole nitrogens is 1. The van der Waals surface area contributed by atoms with Crippen LogP contribution in [0, 0.1) is 0 Å². The van der Waals surface area contributed by atoms with E-state index in [9.17, 15) is 0 Å². The number of aromatic amines is 1. The lowest BCUT2D eigenvalue weighted by atomic mass is 9.95. The van der Waals surface area contributed by atoms with Crippen molar-refractivity contribution in [1.29, 1.82) is 0 Å². The number of nitrogens with one attached hydrogen (secondary N) is 1. The second kappa shape index (κ2) is 30.7. The van der Waals surface area contributed by atoms with Gasteiger partial charge in [-0.05, 0) is 111 Å². The van der Waals surface area contributed by atoms with Gasteiger partial charge in [0.2, 0.25) is 0 Å². The molecule has 0 aliphatic carbocycles. The molecule has 0 saturated heterocycles. The topological polar surface area (TPSA) is 211 Å². The van der Waals surface area contributed by atoms with E-state index in [1.54, 1.807) is 18.6 Å². The number of pyridine rings is 3. The fourth-order valence-electron chi connectivity index (χ4n) is 13.6. The third kappa shape index (κ3) is 12.7. The van der Waals surface area contributed by atoms with E-state index in [0.717, 1.165) is 140 Å². The maximum atomic E-state index is 7.31. The van der Waals surface area contributed by atoms with Gasteiger partial charge in [-0.3, -0.25) is 15.0 Å². The molecule has 8 heterocycles. The minimum atomic E-state index is 0.298. The molecule has 0 spiro atoms. The lowest BCUT2D eigenvalue weighted by Crippen LogP contribution is -2.04. The molecule has 6 aromatic heterocycles. The number of rotatable bonds is 32. The minimum absolute atomic E-state index is 0.298. The van der Waals surface area contributed by atoms with E-state index < -0.39 is 0 Å². The molecule has 0 unspecified atom stereocenters. The number of ether oxygens (including phenoxy) is 8. The van der Waals surface area contributed by atoms with Gasteiger partial charge in [-0.2, -0.15) is 0 Å². The molecule has 19 heteroatoms. The first-order valence-electron chi connectivity index (χ1n) is 37.0. The summed E-state index contributed by atoms with van der Waals surface area (Å²) in [4.78, 5) is 54.4. The Kier molecular flexibility index (Phi) is 20.7. The molecule has 8 bridgehead atoms. The van der Waals surface area contributed by atoms with Crippen LogP contribution in [0.5, 0.6) is 46.0 Å². The lowest BCUT2D eigenvalue weighted by molar-refractivity contribution is 0.308. The van der Waals surface area contributed by atoms with Crippen molar-refractivity contribution >= 4 is 98.4 Å². The van der Waals surface area contributed by atoms with E-state index in [1.165, 1.54) is 0 Å². The third-order valence-corrected chi connectivity index (χ3v) is 18.9. The standard InChI is InChI=1S/C82H91N11O8/c1-10-18-39-94-67-51-33-28-36-83-64(51)72(99-44-23-15-6)60-58(67)76-86-75-56-57(71(98-43-22-14-5)55-48-50-32-27-26-31-49(50)47-54(55)70(56)97-42-21-13-4)79(89-75)91-82-63-62(69(96-41-20-12-3)53-35-30-38-85-66(53)74(63)101-46-25-17-8)81(93(82)9)92-80-61-59(77(90-80)88-78(60)87-76)68(95-40-19-11-2)52-34-29-37-84-65(52)73(61)100-45-24-16-7/h26-38,47-48H,10-25,39-46H2,1-9H3,(H,86,87,88,89,90,91,92). The summed E-state index contributed by atoms with van der Waals surface area (Å²) in [6, 6.07) is 24.8. The number of unbranched alkanes of at least 4 members (excludes halogenated alkanes) is 8. The lowest BCUT2D eigenvalue weighted by Gasteiger charge is -2.19. The van der Waals surface area contributed by atoms with Crippen LogP contribution in [0.1, 0.15) is 158 Å². The molecule has 0 saturated carbocycles. The van der Waals surface area contributed by atoms with E-state index in [4.69, 9.17) is 82.8 Å². The maximum Gasteiger partial charge on any atom is 0.168 e. The molecule has 12 aromatic rings. The number of aryl methyl sites for hydroxylation is 1. The summed E-state index contributed by atoms with van der Waals surface area (Å²) in [5.74, 6) is 5.69. The van der Waals surface area contributed by atoms with Gasteiger partial charge in [0.1, 0.15) is 67.9 Å². The number of hydrogen-bond donors (Lipinski definition) is 1. The predicted octanol–water partition coefficient (Wildman–Crippen LogP) is 20.3. The van der Waals surface area contributed by atoms with Crippen molar-refractivity contribution in [3.8, 4) is 91.5 Å². The molecular weight excluding hydrogens is 1270 g/mol. The number of hydrogen-bond acceptors (Lipinski definition) is 17. The van der Waals surface area contributed by atoms with Crippen molar-refractivity contribution in [2.45, 2.75) is 158 Å². The van der Waals surface area contributed by atoms with E-state index >= 15 is 0 Å². The molecule has 6 aromatic carbocycles. The van der Waals surface area contributed by atoms with Crippen LogP contribution in [-0.2, 0) is 7.05 Å². The van der Waals surface area contributed by atoms with Gasteiger partial charge in [-0.25, -0.2) is 29.9 Å². The van der Waals surface area contributed by atoms with Crippen LogP contribution in [0.3, 0.4) is 0 Å². The Morgan fingerprint density at radius 1 is 0.307 bits per heavy atom. The van der Waals surface area contributed by atoms with Crippen LogP contribution in [0.15, 0.2) is 91.4 Å². The van der Waals surface area contributed by atoms with E-state index in [2.05, 4.69) is 96.8 Å². The van der Waals surface area contributed by atoms with Gasteiger partial charge in [0, 0.05) is 52.6 Å². The van der Waals surface area contributed by atoms with Crippen molar-refractivity contribution in [2.75, 3.05) is 52.9 Å².